The van der Waals surface area contributed by atoms with Crippen LogP contribution < -0.4 is 11.1 Å². The van der Waals surface area contributed by atoms with Crippen molar-refractivity contribution in [2.45, 2.75) is 13.1 Å². The SMILES string of the molecule is Cc1sc(C(=O)Nc2ccccc2C(F)(F)F)cc1N. The Morgan fingerprint density at radius 2 is 1.95 bits per heavy atom. The van der Waals surface area contributed by atoms with Gasteiger partial charge in [0.15, 0.2) is 0 Å². The first-order chi connectivity index (χ1) is 9.29. The minimum absolute atomic E-state index is 0.269. The predicted octanol–water partition coefficient (Wildman–Crippen LogP) is 3.91. The highest BCUT2D eigenvalue weighted by atomic mass is 32.1. The summed E-state index contributed by atoms with van der Waals surface area (Å²) in [5.74, 6) is -0.605. The first-order valence-corrected chi connectivity index (χ1v) is 6.44. The summed E-state index contributed by atoms with van der Waals surface area (Å²) >= 11 is 1.14. The van der Waals surface area contributed by atoms with Gasteiger partial charge in [-0.15, -0.1) is 11.3 Å². The third-order valence-corrected chi connectivity index (χ3v) is 3.73. The van der Waals surface area contributed by atoms with Crippen LogP contribution >= 0.6 is 11.3 Å². The van der Waals surface area contributed by atoms with E-state index >= 15 is 0 Å². The molecule has 1 aromatic heterocycles. The lowest BCUT2D eigenvalue weighted by Gasteiger charge is -2.12. The van der Waals surface area contributed by atoms with Crippen molar-refractivity contribution in [3.63, 3.8) is 0 Å². The van der Waals surface area contributed by atoms with E-state index in [1.165, 1.54) is 24.3 Å². The smallest absolute Gasteiger partial charge is 0.398 e. The van der Waals surface area contributed by atoms with Gasteiger partial charge >= 0.3 is 6.18 Å². The molecule has 20 heavy (non-hydrogen) atoms. The van der Waals surface area contributed by atoms with Crippen LogP contribution in [0.5, 0.6) is 0 Å². The number of nitrogens with two attached hydrogens (primary N) is 1. The van der Waals surface area contributed by atoms with Crippen LogP contribution in [0, 0.1) is 6.92 Å². The number of amides is 1. The topological polar surface area (TPSA) is 55.1 Å². The van der Waals surface area contributed by atoms with Gasteiger partial charge in [0.2, 0.25) is 0 Å². The van der Waals surface area contributed by atoms with Crippen molar-refractivity contribution in [1.29, 1.82) is 0 Å². The van der Waals surface area contributed by atoms with Gasteiger partial charge in [-0.3, -0.25) is 4.79 Å². The molecule has 0 bridgehead atoms. The lowest BCUT2D eigenvalue weighted by molar-refractivity contribution is -0.136. The van der Waals surface area contributed by atoms with Crippen molar-refractivity contribution in [3.8, 4) is 0 Å². The normalized spacial score (nSPS) is 11.4. The van der Waals surface area contributed by atoms with Crippen molar-refractivity contribution >= 4 is 28.6 Å². The Bertz CT molecular complexity index is 630. The maximum Gasteiger partial charge on any atom is 0.418 e. The molecule has 0 unspecified atom stereocenters. The molecule has 3 nitrogen and oxygen atoms in total. The fourth-order valence-electron chi connectivity index (χ4n) is 1.63. The Balaban J connectivity index is 2.29. The lowest BCUT2D eigenvalue weighted by Crippen LogP contribution is -2.15. The second-order valence-electron chi connectivity index (χ2n) is 4.12. The number of carbonyl (C=O) groups is 1. The van der Waals surface area contributed by atoms with Crippen LogP contribution in [0.3, 0.4) is 0 Å². The molecule has 1 amide bonds. The maximum absolute atomic E-state index is 12.8. The van der Waals surface area contributed by atoms with Crippen LogP contribution in [0.25, 0.3) is 0 Å². The molecule has 1 heterocycles. The van der Waals surface area contributed by atoms with Crippen molar-refractivity contribution in [2.24, 2.45) is 0 Å². The predicted molar refractivity (Wildman–Crippen MR) is 72.9 cm³/mol. The van der Waals surface area contributed by atoms with Crippen LogP contribution in [-0.4, -0.2) is 5.91 Å². The molecule has 0 fully saturated rings. The molecule has 2 rings (SSSR count). The molecule has 0 aliphatic heterocycles. The van der Waals surface area contributed by atoms with Gasteiger partial charge < -0.3 is 11.1 Å². The first kappa shape index (κ1) is 14.4. The summed E-state index contributed by atoms with van der Waals surface area (Å²) in [6.07, 6.45) is -4.52. The molecule has 0 aliphatic carbocycles. The van der Waals surface area contributed by atoms with E-state index in [0.29, 0.717) is 5.69 Å². The zero-order valence-corrected chi connectivity index (χ0v) is 11.2. The summed E-state index contributed by atoms with van der Waals surface area (Å²) in [6.45, 7) is 1.74. The highest BCUT2D eigenvalue weighted by Gasteiger charge is 2.33. The van der Waals surface area contributed by atoms with Crippen LogP contribution in [0.2, 0.25) is 0 Å². The third-order valence-electron chi connectivity index (χ3n) is 2.66. The van der Waals surface area contributed by atoms with E-state index in [9.17, 15) is 18.0 Å². The molecule has 0 spiro atoms. The number of thiophene rings is 1. The molecule has 2 aromatic rings. The largest absolute Gasteiger partial charge is 0.418 e. The minimum atomic E-state index is -4.52. The van der Waals surface area contributed by atoms with Crippen LogP contribution in [0.1, 0.15) is 20.1 Å². The van der Waals surface area contributed by atoms with Crippen molar-refractivity contribution in [2.75, 3.05) is 11.1 Å². The number of anilines is 2. The second kappa shape index (κ2) is 5.16. The summed E-state index contributed by atoms with van der Waals surface area (Å²) in [5.41, 5.74) is 4.92. The average molecular weight is 300 g/mol. The molecule has 0 radical (unpaired) electrons. The fraction of sp³-hybridized carbons (Fsp3) is 0.154. The number of hydrogen-bond donors (Lipinski definition) is 2. The first-order valence-electron chi connectivity index (χ1n) is 5.62. The summed E-state index contributed by atoms with van der Waals surface area (Å²) in [6, 6.07) is 6.28. The standard InChI is InChI=1S/C13H11F3N2OS/c1-7-9(17)6-11(20-7)12(19)18-10-5-3-2-4-8(10)13(14,15)16/h2-6H,17H2,1H3,(H,18,19). The van der Waals surface area contributed by atoms with Crippen molar-refractivity contribution in [3.05, 3.63) is 45.6 Å². The van der Waals surface area contributed by atoms with E-state index in [0.717, 1.165) is 22.3 Å². The number of rotatable bonds is 2. The van der Waals surface area contributed by atoms with Gasteiger partial charge in [-0.05, 0) is 25.1 Å². The number of nitrogens with one attached hydrogen (secondary N) is 1. The third kappa shape index (κ3) is 2.93. The Hall–Kier alpha value is -2.02. The molecular weight excluding hydrogens is 289 g/mol. The molecule has 1 aromatic carbocycles. The summed E-state index contributed by atoms with van der Waals surface area (Å²) in [4.78, 5) is 13.0. The Kier molecular flexibility index (Phi) is 3.71. The van der Waals surface area contributed by atoms with E-state index in [2.05, 4.69) is 5.32 Å². The summed E-state index contributed by atoms with van der Waals surface area (Å²) in [7, 11) is 0. The Morgan fingerprint density at radius 3 is 2.50 bits per heavy atom. The monoisotopic (exact) mass is 300 g/mol. The van der Waals surface area contributed by atoms with E-state index in [1.807, 2.05) is 0 Å². The van der Waals surface area contributed by atoms with E-state index in [1.54, 1.807) is 6.92 Å². The van der Waals surface area contributed by atoms with Gasteiger partial charge in [-0.1, -0.05) is 12.1 Å². The molecule has 7 heteroatoms. The molecule has 0 saturated carbocycles. The second-order valence-corrected chi connectivity index (χ2v) is 5.38. The lowest BCUT2D eigenvalue weighted by atomic mass is 10.1. The molecule has 3 N–H and O–H groups in total. The van der Waals surface area contributed by atoms with Gasteiger partial charge in [0.05, 0.1) is 16.1 Å². The van der Waals surface area contributed by atoms with Crippen molar-refractivity contribution in [1.82, 2.24) is 0 Å². The van der Waals surface area contributed by atoms with Gasteiger partial charge in [0, 0.05) is 10.6 Å². The summed E-state index contributed by atoms with van der Waals surface area (Å²) < 4.78 is 38.4. The quantitative estimate of drug-likeness (QED) is 0.883. The van der Waals surface area contributed by atoms with Gasteiger partial charge in [0.1, 0.15) is 0 Å². The van der Waals surface area contributed by atoms with Crippen LogP contribution in [0.4, 0.5) is 24.5 Å². The number of halogens is 3. The van der Waals surface area contributed by atoms with Gasteiger partial charge in [0.25, 0.3) is 5.91 Å². The zero-order valence-electron chi connectivity index (χ0n) is 10.4. The molecule has 0 saturated heterocycles. The number of hydrogen-bond acceptors (Lipinski definition) is 3. The van der Waals surface area contributed by atoms with E-state index in [-0.39, 0.29) is 10.6 Å². The number of aryl methyl sites for hydroxylation is 1. The number of nitrogen functional groups attached to an aromatic ring is 1. The Morgan fingerprint density at radius 1 is 1.30 bits per heavy atom. The molecular formula is C13H11F3N2OS. The maximum atomic E-state index is 12.8. The van der Waals surface area contributed by atoms with Crippen LogP contribution in [0.15, 0.2) is 30.3 Å². The summed E-state index contributed by atoms with van der Waals surface area (Å²) in [5, 5.41) is 2.27. The number of alkyl halides is 3. The number of para-hydroxylation sites is 1. The van der Waals surface area contributed by atoms with Gasteiger partial charge in [-0.2, -0.15) is 13.2 Å². The highest BCUT2D eigenvalue weighted by Crippen LogP contribution is 2.35. The molecule has 106 valence electrons. The fourth-order valence-corrected chi connectivity index (χ4v) is 2.47. The van der Waals surface area contributed by atoms with Crippen LogP contribution in [-0.2, 0) is 6.18 Å². The minimum Gasteiger partial charge on any atom is -0.398 e. The van der Waals surface area contributed by atoms with E-state index in [4.69, 9.17) is 5.73 Å². The molecule has 0 atom stereocenters. The molecule has 0 aliphatic rings. The van der Waals surface area contributed by atoms with Gasteiger partial charge in [-0.25, -0.2) is 0 Å². The van der Waals surface area contributed by atoms with E-state index < -0.39 is 17.6 Å². The Labute approximate surface area is 117 Å². The zero-order chi connectivity index (χ0) is 14.9. The number of benzene rings is 1. The van der Waals surface area contributed by atoms with Crippen molar-refractivity contribution < 1.29 is 18.0 Å². The number of carbonyl (C=O) groups excluding carboxylic acids is 1. The highest BCUT2D eigenvalue weighted by molar-refractivity contribution is 7.14. The average Bonchev–Trinajstić information content (AvgIpc) is 2.69.